The van der Waals surface area contributed by atoms with Gasteiger partial charge in [0.2, 0.25) is 0 Å². The maximum atomic E-state index is 11.9. The van der Waals surface area contributed by atoms with E-state index in [-0.39, 0.29) is 24.5 Å². The second kappa shape index (κ2) is 7.66. The Bertz CT molecular complexity index is 569. The molecule has 0 saturated heterocycles. The predicted octanol–water partition coefficient (Wildman–Crippen LogP) is 2.80. The third-order valence-electron chi connectivity index (χ3n) is 3.76. The van der Waals surface area contributed by atoms with Crippen LogP contribution in [-0.4, -0.2) is 23.7 Å². The maximum absolute atomic E-state index is 11.9. The lowest BCUT2D eigenvalue weighted by Crippen LogP contribution is -2.44. The molecule has 5 heteroatoms. The van der Waals surface area contributed by atoms with Gasteiger partial charge in [0.25, 0.3) is 0 Å². The number of hydrogen-bond acceptors (Lipinski definition) is 3. The van der Waals surface area contributed by atoms with E-state index in [0.29, 0.717) is 5.76 Å². The van der Waals surface area contributed by atoms with Crippen LogP contribution in [0.1, 0.15) is 37.2 Å². The van der Waals surface area contributed by atoms with E-state index in [2.05, 4.69) is 17.6 Å². The number of carbonyl (C=O) groups is 1. The third kappa shape index (κ3) is 4.36. The first-order chi connectivity index (χ1) is 10.6. The number of nitrogens with one attached hydrogen (secondary N) is 2. The number of aliphatic hydroxyl groups excluding tert-OH is 1. The first-order valence-corrected chi connectivity index (χ1v) is 7.38. The third-order valence-corrected chi connectivity index (χ3v) is 3.76. The number of carbonyl (C=O) groups excluding carboxylic acids is 1. The van der Waals surface area contributed by atoms with Crippen molar-refractivity contribution in [1.29, 1.82) is 0 Å². The highest BCUT2D eigenvalue weighted by Gasteiger charge is 2.17. The van der Waals surface area contributed by atoms with Crippen LogP contribution in [0.15, 0.2) is 53.1 Å². The molecule has 0 aliphatic rings. The molecule has 22 heavy (non-hydrogen) atoms. The van der Waals surface area contributed by atoms with Crippen LogP contribution in [0.5, 0.6) is 0 Å². The summed E-state index contributed by atoms with van der Waals surface area (Å²) in [5, 5.41) is 15.4. The van der Waals surface area contributed by atoms with Gasteiger partial charge in [0.05, 0.1) is 12.8 Å². The summed E-state index contributed by atoms with van der Waals surface area (Å²) in [5.41, 5.74) is 1.17. The second-order valence-electron chi connectivity index (χ2n) is 5.37. The molecule has 0 saturated carbocycles. The predicted molar refractivity (Wildman–Crippen MR) is 84.5 cm³/mol. The molecule has 1 aromatic heterocycles. The molecule has 0 aliphatic carbocycles. The van der Waals surface area contributed by atoms with Crippen molar-refractivity contribution in [1.82, 2.24) is 10.6 Å². The Balaban J connectivity index is 1.79. The number of rotatable bonds is 6. The fraction of sp³-hybridized carbons (Fsp3) is 0.353. The van der Waals surface area contributed by atoms with Crippen molar-refractivity contribution < 1.29 is 14.3 Å². The molecule has 5 nitrogen and oxygen atoms in total. The van der Waals surface area contributed by atoms with Gasteiger partial charge in [-0.2, -0.15) is 0 Å². The number of amides is 2. The SMILES string of the molecule is CC(NC(=O)NCC(O)c1ccco1)C(C)c1ccccc1. The Morgan fingerprint density at radius 1 is 1.18 bits per heavy atom. The van der Waals surface area contributed by atoms with E-state index < -0.39 is 6.10 Å². The highest BCUT2D eigenvalue weighted by molar-refractivity contribution is 5.74. The standard InChI is InChI=1S/C17H22N2O3/c1-12(14-7-4-3-5-8-14)13(2)19-17(21)18-11-15(20)16-9-6-10-22-16/h3-10,12-13,15,20H,11H2,1-2H3,(H2,18,19,21). The lowest BCUT2D eigenvalue weighted by Gasteiger charge is -2.22. The van der Waals surface area contributed by atoms with Gasteiger partial charge in [-0.3, -0.25) is 0 Å². The quantitative estimate of drug-likeness (QED) is 0.768. The Morgan fingerprint density at radius 2 is 1.91 bits per heavy atom. The fourth-order valence-electron chi connectivity index (χ4n) is 2.20. The first kappa shape index (κ1) is 16.1. The average molecular weight is 302 g/mol. The van der Waals surface area contributed by atoms with Crippen molar-refractivity contribution in [3.63, 3.8) is 0 Å². The molecule has 3 N–H and O–H groups in total. The highest BCUT2D eigenvalue weighted by Crippen LogP contribution is 2.18. The minimum Gasteiger partial charge on any atom is -0.467 e. The van der Waals surface area contributed by atoms with E-state index >= 15 is 0 Å². The van der Waals surface area contributed by atoms with Crippen LogP contribution in [0.25, 0.3) is 0 Å². The van der Waals surface area contributed by atoms with Gasteiger partial charge in [0.15, 0.2) is 0 Å². The van der Waals surface area contributed by atoms with Crippen molar-refractivity contribution in [2.75, 3.05) is 6.54 Å². The molecule has 1 aromatic carbocycles. The minimum atomic E-state index is -0.845. The molecule has 3 unspecified atom stereocenters. The van der Waals surface area contributed by atoms with Crippen LogP contribution in [-0.2, 0) is 0 Å². The molecule has 0 spiro atoms. The molecule has 2 rings (SSSR count). The molecule has 2 aromatic rings. The van der Waals surface area contributed by atoms with E-state index in [0.717, 1.165) is 0 Å². The molecular formula is C17H22N2O3. The summed E-state index contributed by atoms with van der Waals surface area (Å²) in [7, 11) is 0. The average Bonchev–Trinajstić information content (AvgIpc) is 3.07. The zero-order valence-corrected chi connectivity index (χ0v) is 12.8. The van der Waals surface area contributed by atoms with Crippen molar-refractivity contribution in [2.45, 2.75) is 31.9 Å². The second-order valence-corrected chi connectivity index (χ2v) is 5.37. The largest absolute Gasteiger partial charge is 0.467 e. The summed E-state index contributed by atoms with van der Waals surface area (Å²) in [4.78, 5) is 11.9. The van der Waals surface area contributed by atoms with Crippen LogP contribution in [0, 0.1) is 0 Å². The summed E-state index contributed by atoms with van der Waals surface area (Å²) in [6.45, 7) is 4.13. The van der Waals surface area contributed by atoms with Crippen LogP contribution < -0.4 is 10.6 Å². The fourth-order valence-corrected chi connectivity index (χ4v) is 2.20. The Kier molecular flexibility index (Phi) is 5.61. The van der Waals surface area contributed by atoms with Crippen LogP contribution in [0.4, 0.5) is 4.79 Å². The Labute approximate surface area is 130 Å². The van der Waals surface area contributed by atoms with Gasteiger partial charge in [0, 0.05) is 12.0 Å². The summed E-state index contributed by atoms with van der Waals surface area (Å²) in [6, 6.07) is 13.1. The van der Waals surface area contributed by atoms with Crippen LogP contribution >= 0.6 is 0 Å². The number of benzene rings is 1. The minimum absolute atomic E-state index is 0.0249. The topological polar surface area (TPSA) is 74.5 Å². The molecule has 1 heterocycles. The number of furan rings is 1. The van der Waals surface area contributed by atoms with Gasteiger partial charge in [-0.15, -0.1) is 0 Å². The van der Waals surface area contributed by atoms with Gasteiger partial charge in [-0.1, -0.05) is 37.3 Å². The normalized spacial score (nSPS) is 14.9. The number of aliphatic hydroxyl groups is 1. The lowest BCUT2D eigenvalue weighted by molar-refractivity contribution is 0.147. The van der Waals surface area contributed by atoms with Gasteiger partial charge >= 0.3 is 6.03 Å². The van der Waals surface area contributed by atoms with Crippen molar-refractivity contribution in [3.8, 4) is 0 Å². The molecule has 118 valence electrons. The molecule has 2 amide bonds. The summed E-state index contributed by atoms with van der Waals surface area (Å²) in [6.07, 6.45) is 0.644. The Morgan fingerprint density at radius 3 is 2.55 bits per heavy atom. The summed E-state index contributed by atoms with van der Waals surface area (Å²) < 4.78 is 5.08. The van der Waals surface area contributed by atoms with Crippen LogP contribution in [0.3, 0.4) is 0 Å². The molecule has 0 radical (unpaired) electrons. The molecule has 0 bridgehead atoms. The monoisotopic (exact) mass is 302 g/mol. The van der Waals surface area contributed by atoms with Gasteiger partial charge in [0.1, 0.15) is 11.9 Å². The summed E-state index contributed by atoms with van der Waals surface area (Å²) >= 11 is 0. The van der Waals surface area contributed by atoms with Gasteiger partial charge in [-0.25, -0.2) is 4.79 Å². The zero-order chi connectivity index (χ0) is 15.9. The van der Waals surface area contributed by atoms with Gasteiger partial charge < -0.3 is 20.2 Å². The van der Waals surface area contributed by atoms with Gasteiger partial charge in [-0.05, 0) is 24.6 Å². The lowest BCUT2D eigenvalue weighted by atomic mass is 9.95. The molecule has 0 aliphatic heterocycles. The zero-order valence-electron chi connectivity index (χ0n) is 12.8. The van der Waals surface area contributed by atoms with Crippen molar-refractivity contribution in [2.24, 2.45) is 0 Å². The number of hydrogen-bond donors (Lipinski definition) is 3. The molecular weight excluding hydrogens is 280 g/mol. The van der Waals surface area contributed by atoms with E-state index in [9.17, 15) is 9.90 Å². The van der Waals surface area contributed by atoms with E-state index in [4.69, 9.17) is 4.42 Å². The smallest absolute Gasteiger partial charge is 0.315 e. The van der Waals surface area contributed by atoms with Crippen molar-refractivity contribution >= 4 is 6.03 Å². The highest BCUT2D eigenvalue weighted by atomic mass is 16.4. The number of urea groups is 1. The maximum Gasteiger partial charge on any atom is 0.315 e. The van der Waals surface area contributed by atoms with E-state index in [1.54, 1.807) is 12.1 Å². The van der Waals surface area contributed by atoms with E-state index in [1.807, 2.05) is 37.3 Å². The van der Waals surface area contributed by atoms with Crippen molar-refractivity contribution in [3.05, 3.63) is 60.1 Å². The molecule has 0 fully saturated rings. The Hall–Kier alpha value is -2.27. The summed E-state index contributed by atoms with van der Waals surface area (Å²) in [5.74, 6) is 0.632. The first-order valence-electron chi connectivity index (χ1n) is 7.38. The van der Waals surface area contributed by atoms with E-state index in [1.165, 1.54) is 11.8 Å². The molecule has 3 atom stereocenters. The van der Waals surface area contributed by atoms with Crippen LogP contribution in [0.2, 0.25) is 0 Å².